The van der Waals surface area contributed by atoms with Gasteiger partial charge in [-0.25, -0.2) is 8.78 Å². The van der Waals surface area contributed by atoms with Crippen LogP contribution in [0.5, 0.6) is 0 Å². The minimum Gasteiger partial charge on any atom is -0.294 e. The number of alkyl halides is 2. The molecular formula is C9H13F2N5O. The van der Waals surface area contributed by atoms with Crippen molar-refractivity contribution in [3.8, 4) is 0 Å². The van der Waals surface area contributed by atoms with Gasteiger partial charge in [0.15, 0.2) is 11.6 Å². The molecule has 0 atom stereocenters. The molecule has 6 nitrogen and oxygen atoms in total. The second kappa shape index (κ2) is 6.66. The third kappa shape index (κ3) is 3.89. The number of hydrogen-bond donors (Lipinski definition) is 1. The SMILES string of the molecule is CC(=O)c1cn[nH]c1/N=N/N(CCF)CCF. The van der Waals surface area contributed by atoms with Gasteiger partial charge < -0.3 is 0 Å². The van der Waals surface area contributed by atoms with Crippen LogP contribution in [0.3, 0.4) is 0 Å². The van der Waals surface area contributed by atoms with Crippen molar-refractivity contribution in [2.24, 2.45) is 10.3 Å². The first-order valence-electron chi connectivity index (χ1n) is 5.02. The molecule has 1 rings (SSSR count). The summed E-state index contributed by atoms with van der Waals surface area (Å²) in [6.45, 7) is -0.0260. The van der Waals surface area contributed by atoms with Crippen LogP contribution >= 0.6 is 0 Å². The molecule has 0 spiro atoms. The number of carbonyl (C=O) groups is 1. The maximum Gasteiger partial charge on any atom is 0.183 e. The van der Waals surface area contributed by atoms with Crippen LogP contribution in [0.2, 0.25) is 0 Å². The number of aromatic nitrogens is 2. The molecule has 0 bridgehead atoms. The van der Waals surface area contributed by atoms with Crippen LogP contribution in [-0.2, 0) is 0 Å². The van der Waals surface area contributed by atoms with E-state index in [2.05, 4.69) is 20.5 Å². The van der Waals surface area contributed by atoms with Crippen molar-refractivity contribution in [3.05, 3.63) is 11.8 Å². The molecule has 0 fully saturated rings. The third-order valence-electron chi connectivity index (χ3n) is 1.95. The van der Waals surface area contributed by atoms with E-state index in [4.69, 9.17) is 0 Å². The molecule has 94 valence electrons. The molecule has 1 aromatic rings. The fourth-order valence-corrected chi connectivity index (χ4v) is 1.12. The smallest absolute Gasteiger partial charge is 0.183 e. The number of halogens is 2. The topological polar surface area (TPSA) is 73.7 Å². The molecule has 0 saturated carbocycles. The zero-order chi connectivity index (χ0) is 12.7. The Hall–Kier alpha value is -1.86. The highest BCUT2D eigenvalue weighted by Crippen LogP contribution is 2.15. The summed E-state index contributed by atoms with van der Waals surface area (Å²) < 4.78 is 24.2. The highest BCUT2D eigenvalue weighted by atomic mass is 19.1. The fraction of sp³-hybridized carbons (Fsp3) is 0.556. The molecule has 1 aromatic heterocycles. The third-order valence-corrected chi connectivity index (χ3v) is 1.95. The summed E-state index contributed by atoms with van der Waals surface area (Å²) in [6, 6.07) is 0. The van der Waals surface area contributed by atoms with Crippen molar-refractivity contribution in [1.82, 2.24) is 15.2 Å². The molecule has 8 heteroatoms. The fourth-order valence-electron chi connectivity index (χ4n) is 1.12. The number of ketones is 1. The van der Waals surface area contributed by atoms with Crippen LogP contribution in [0, 0.1) is 0 Å². The van der Waals surface area contributed by atoms with Crippen LogP contribution in [0.1, 0.15) is 17.3 Å². The number of carbonyl (C=O) groups excluding carboxylic acids is 1. The number of rotatable bonds is 7. The van der Waals surface area contributed by atoms with Crippen LogP contribution < -0.4 is 0 Å². The summed E-state index contributed by atoms with van der Waals surface area (Å²) in [5.41, 5.74) is 0.286. The quantitative estimate of drug-likeness (QED) is 0.452. The lowest BCUT2D eigenvalue weighted by atomic mass is 10.2. The van der Waals surface area contributed by atoms with Crippen molar-refractivity contribution >= 4 is 11.6 Å². The molecule has 0 aliphatic carbocycles. The normalized spacial score (nSPS) is 11.0. The van der Waals surface area contributed by atoms with Crippen molar-refractivity contribution in [3.63, 3.8) is 0 Å². The summed E-state index contributed by atoms with van der Waals surface area (Å²) in [6.07, 6.45) is 1.32. The van der Waals surface area contributed by atoms with Gasteiger partial charge in [0.25, 0.3) is 0 Å². The van der Waals surface area contributed by atoms with Gasteiger partial charge >= 0.3 is 0 Å². The molecule has 0 unspecified atom stereocenters. The Morgan fingerprint density at radius 2 is 2.12 bits per heavy atom. The summed E-state index contributed by atoms with van der Waals surface area (Å²) in [5.74, 6) is -0.0320. The molecule has 0 radical (unpaired) electrons. The van der Waals surface area contributed by atoms with Gasteiger partial charge in [-0.05, 0) is 6.92 Å². The molecule has 1 heterocycles. The van der Waals surface area contributed by atoms with Crippen molar-refractivity contribution in [2.75, 3.05) is 26.4 Å². The zero-order valence-corrected chi connectivity index (χ0v) is 9.36. The van der Waals surface area contributed by atoms with E-state index in [9.17, 15) is 13.6 Å². The van der Waals surface area contributed by atoms with E-state index in [0.717, 1.165) is 5.01 Å². The number of Topliss-reactive ketones (excluding diaryl/α,β-unsaturated/α-hetero) is 1. The molecular weight excluding hydrogens is 232 g/mol. The monoisotopic (exact) mass is 245 g/mol. The minimum absolute atomic E-state index is 0.0447. The molecule has 1 N–H and O–H groups in total. The van der Waals surface area contributed by atoms with E-state index in [0.29, 0.717) is 0 Å². The Morgan fingerprint density at radius 1 is 1.47 bits per heavy atom. The largest absolute Gasteiger partial charge is 0.294 e. The van der Waals surface area contributed by atoms with Gasteiger partial charge in [0.1, 0.15) is 13.3 Å². The van der Waals surface area contributed by atoms with Gasteiger partial charge in [-0.1, -0.05) is 5.22 Å². The van der Waals surface area contributed by atoms with E-state index in [-0.39, 0.29) is 30.3 Å². The predicted molar refractivity (Wildman–Crippen MR) is 56.6 cm³/mol. The first-order valence-corrected chi connectivity index (χ1v) is 5.02. The average molecular weight is 245 g/mol. The Bertz CT molecular complexity index is 386. The van der Waals surface area contributed by atoms with Gasteiger partial charge in [-0.2, -0.15) is 5.10 Å². The van der Waals surface area contributed by atoms with E-state index >= 15 is 0 Å². The lowest BCUT2D eigenvalue weighted by molar-refractivity contribution is 0.101. The molecule has 0 aliphatic heterocycles. The van der Waals surface area contributed by atoms with Gasteiger partial charge in [0.05, 0.1) is 24.8 Å². The minimum atomic E-state index is -0.651. The van der Waals surface area contributed by atoms with Crippen LogP contribution in [0.25, 0.3) is 0 Å². The van der Waals surface area contributed by atoms with E-state index in [1.165, 1.54) is 13.1 Å². The summed E-state index contributed by atoms with van der Waals surface area (Å²) in [5, 5.41) is 14.6. The Balaban J connectivity index is 2.73. The zero-order valence-electron chi connectivity index (χ0n) is 9.36. The summed E-state index contributed by atoms with van der Waals surface area (Å²) in [7, 11) is 0. The number of hydrogen-bond acceptors (Lipinski definition) is 4. The lowest BCUT2D eigenvalue weighted by Crippen LogP contribution is -2.22. The molecule has 0 saturated heterocycles. The second-order valence-corrected chi connectivity index (χ2v) is 3.21. The Morgan fingerprint density at radius 3 is 2.65 bits per heavy atom. The van der Waals surface area contributed by atoms with Crippen LogP contribution in [0.15, 0.2) is 16.5 Å². The van der Waals surface area contributed by atoms with E-state index in [1.807, 2.05) is 0 Å². The molecule has 0 aromatic carbocycles. The first kappa shape index (κ1) is 13.2. The molecule has 0 aliphatic rings. The van der Waals surface area contributed by atoms with Crippen LogP contribution in [0.4, 0.5) is 14.6 Å². The Labute approximate surface area is 96.7 Å². The highest BCUT2D eigenvalue weighted by Gasteiger charge is 2.09. The maximum absolute atomic E-state index is 12.1. The average Bonchev–Trinajstić information content (AvgIpc) is 2.74. The lowest BCUT2D eigenvalue weighted by Gasteiger charge is -2.12. The number of H-pyrrole nitrogens is 1. The van der Waals surface area contributed by atoms with Gasteiger partial charge in [0.2, 0.25) is 0 Å². The van der Waals surface area contributed by atoms with E-state index < -0.39 is 13.3 Å². The number of nitrogens with zero attached hydrogens (tertiary/aromatic N) is 4. The first-order chi connectivity index (χ1) is 8.19. The van der Waals surface area contributed by atoms with Gasteiger partial charge in [-0.15, -0.1) is 5.11 Å². The van der Waals surface area contributed by atoms with Crippen molar-refractivity contribution < 1.29 is 13.6 Å². The van der Waals surface area contributed by atoms with Gasteiger partial charge in [0, 0.05) is 0 Å². The van der Waals surface area contributed by atoms with Crippen molar-refractivity contribution in [2.45, 2.75) is 6.92 Å². The molecule has 17 heavy (non-hydrogen) atoms. The van der Waals surface area contributed by atoms with Crippen LogP contribution in [-0.4, -0.2) is 47.4 Å². The van der Waals surface area contributed by atoms with Gasteiger partial charge in [-0.3, -0.25) is 14.9 Å². The number of nitrogens with one attached hydrogen (secondary N) is 1. The Kier molecular flexibility index (Phi) is 5.18. The molecule has 0 amide bonds. The van der Waals surface area contributed by atoms with Crippen molar-refractivity contribution in [1.29, 1.82) is 0 Å². The number of aromatic amines is 1. The predicted octanol–water partition coefficient (Wildman–Crippen LogP) is 1.85. The van der Waals surface area contributed by atoms with E-state index in [1.54, 1.807) is 0 Å². The summed E-state index contributed by atoms with van der Waals surface area (Å²) >= 11 is 0. The highest BCUT2D eigenvalue weighted by molar-refractivity contribution is 5.97. The standard InChI is InChI=1S/C9H13F2N5O/c1-7(17)8-6-12-13-9(8)14-15-16(4-2-10)5-3-11/h6H,2-5H2,1H3,(H,12,13)/b15-14+. The summed E-state index contributed by atoms with van der Waals surface area (Å²) in [4.78, 5) is 11.1. The maximum atomic E-state index is 12.1. The second-order valence-electron chi connectivity index (χ2n) is 3.21.